The van der Waals surface area contributed by atoms with Crippen molar-refractivity contribution >= 4 is 12.2 Å². The molecule has 0 spiro atoms. The third kappa shape index (κ3) is 38.4. The van der Waals surface area contributed by atoms with Gasteiger partial charge in [0.2, 0.25) is 0 Å². The van der Waals surface area contributed by atoms with Gasteiger partial charge in [-0.05, 0) is 90.4 Å². The summed E-state index contributed by atoms with van der Waals surface area (Å²) < 4.78 is 11.6. The lowest BCUT2D eigenvalue weighted by molar-refractivity contribution is 0.0983. The zero-order valence-electron chi connectivity index (χ0n) is 39.0. The Labute approximate surface area is 355 Å². The van der Waals surface area contributed by atoms with Gasteiger partial charge in [0.05, 0.1) is 13.2 Å². The maximum Gasteiger partial charge on any atom is 0.409 e. The molecule has 0 aromatic carbocycles. The molecule has 0 unspecified atom stereocenters. The van der Waals surface area contributed by atoms with Crippen molar-refractivity contribution in [2.75, 3.05) is 65.6 Å². The topological polar surface area (TPSA) is 88.3 Å². The number of nitrogens with zero attached hydrogens (tertiary/aromatic N) is 3. The number of ether oxygens (including phenoxy) is 2. The highest BCUT2D eigenvalue weighted by Crippen LogP contribution is 2.13. The van der Waals surface area contributed by atoms with E-state index in [1.807, 2.05) is 9.80 Å². The molecular formula is C49H100N4O4. The van der Waals surface area contributed by atoms with Crippen LogP contribution in [0.4, 0.5) is 9.59 Å². The molecule has 2 amide bonds. The minimum atomic E-state index is -0.0980. The molecule has 0 aliphatic rings. The predicted octanol–water partition coefficient (Wildman–Crippen LogP) is 14.1. The van der Waals surface area contributed by atoms with E-state index >= 15 is 0 Å². The summed E-state index contributed by atoms with van der Waals surface area (Å²) in [6.07, 6.45) is 39.3. The van der Waals surface area contributed by atoms with Gasteiger partial charge in [-0.2, -0.15) is 0 Å². The predicted molar refractivity (Wildman–Crippen MR) is 246 cm³/mol. The maximum atomic E-state index is 13.0. The van der Waals surface area contributed by atoms with Crippen LogP contribution in [-0.4, -0.2) is 92.5 Å². The molecule has 0 fully saturated rings. The van der Waals surface area contributed by atoms with E-state index in [-0.39, 0.29) is 12.2 Å². The van der Waals surface area contributed by atoms with Gasteiger partial charge in [0.15, 0.2) is 0 Å². The van der Waals surface area contributed by atoms with Crippen LogP contribution >= 0.6 is 0 Å². The van der Waals surface area contributed by atoms with Crippen LogP contribution in [0.15, 0.2) is 0 Å². The second-order valence-electron chi connectivity index (χ2n) is 17.1. The number of hydrogen-bond acceptors (Lipinski definition) is 6. The van der Waals surface area contributed by atoms with E-state index in [4.69, 9.17) is 15.2 Å². The normalized spacial score (nSPS) is 11.4. The van der Waals surface area contributed by atoms with Crippen molar-refractivity contribution in [3.8, 4) is 0 Å². The number of carbonyl (C=O) groups excluding carboxylic acids is 2. The minimum Gasteiger partial charge on any atom is -0.449 e. The molecule has 0 aliphatic heterocycles. The molecule has 8 heteroatoms. The van der Waals surface area contributed by atoms with Crippen LogP contribution in [0.25, 0.3) is 0 Å². The summed E-state index contributed by atoms with van der Waals surface area (Å²) in [6.45, 7) is 17.7. The standard InChI is InChI=1S/C49H100N4O4/c1-5-9-13-17-22-34-44-52(42-32-15-11-7-3)48(54)56-46-36-26-24-30-40-51(39-29-21-19-20-28-38-50)41-31-25-27-37-47-57-49(55)53(43-33-16-12-8-4)45-35-23-18-14-10-6-2/h5-47,50H2,1-4H3. The van der Waals surface area contributed by atoms with Crippen LogP contribution in [0.3, 0.4) is 0 Å². The van der Waals surface area contributed by atoms with Gasteiger partial charge in [0.25, 0.3) is 0 Å². The lowest BCUT2D eigenvalue weighted by Crippen LogP contribution is -2.33. The van der Waals surface area contributed by atoms with Crippen molar-refractivity contribution in [1.29, 1.82) is 0 Å². The highest BCUT2D eigenvalue weighted by Gasteiger charge is 2.16. The van der Waals surface area contributed by atoms with Gasteiger partial charge in [0.1, 0.15) is 0 Å². The molecule has 0 aromatic heterocycles. The first-order valence-electron chi connectivity index (χ1n) is 25.3. The Kier molecular flexibility index (Phi) is 44.3. The van der Waals surface area contributed by atoms with E-state index in [0.717, 1.165) is 104 Å². The van der Waals surface area contributed by atoms with Crippen LogP contribution in [0, 0.1) is 0 Å². The molecule has 57 heavy (non-hydrogen) atoms. The molecule has 0 aliphatic carbocycles. The smallest absolute Gasteiger partial charge is 0.409 e. The van der Waals surface area contributed by atoms with Crippen molar-refractivity contribution in [3.05, 3.63) is 0 Å². The van der Waals surface area contributed by atoms with Gasteiger partial charge in [0, 0.05) is 26.2 Å². The SMILES string of the molecule is CCCCCCCCN(CCCCCC)C(=O)OCCCCCCN(CCCCCCCN)CCCCCCOC(=O)N(CCCCCC)CCCCCCCC. The fraction of sp³-hybridized carbons (Fsp3) is 0.959. The number of rotatable bonds is 45. The molecule has 0 bridgehead atoms. The first-order valence-corrected chi connectivity index (χ1v) is 25.3. The van der Waals surface area contributed by atoms with Crippen LogP contribution in [0.5, 0.6) is 0 Å². The Balaban J connectivity index is 4.53. The molecule has 8 nitrogen and oxygen atoms in total. The van der Waals surface area contributed by atoms with Crippen LogP contribution in [0.1, 0.15) is 240 Å². The second kappa shape index (κ2) is 45.5. The first kappa shape index (κ1) is 55.5. The molecule has 0 heterocycles. The van der Waals surface area contributed by atoms with Crippen molar-refractivity contribution in [3.63, 3.8) is 0 Å². The monoisotopic (exact) mass is 809 g/mol. The average molecular weight is 809 g/mol. The van der Waals surface area contributed by atoms with Gasteiger partial charge < -0.3 is 29.9 Å². The maximum absolute atomic E-state index is 13.0. The summed E-state index contributed by atoms with van der Waals surface area (Å²) in [4.78, 5) is 32.6. The molecule has 0 atom stereocenters. The molecule has 0 radical (unpaired) electrons. The summed E-state index contributed by atoms with van der Waals surface area (Å²) in [6, 6.07) is 0. The van der Waals surface area contributed by atoms with Crippen molar-refractivity contribution in [2.24, 2.45) is 5.73 Å². The number of amides is 2. The Morgan fingerprint density at radius 1 is 0.333 bits per heavy atom. The van der Waals surface area contributed by atoms with Gasteiger partial charge in [-0.15, -0.1) is 0 Å². The van der Waals surface area contributed by atoms with E-state index < -0.39 is 0 Å². The molecule has 0 saturated heterocycles. The quantitative estimate of drug-likeness (QED) is 0.0617. The molecule has 340 valence electrons. The van der Waals surface area contributed by atoms with Gasteiger partial charge in [-0.3, -0.25) is 0 Å². The summed E-state index contributed by atoms with van der Waals surface area (Å²) >= 11 is 0. The Morgan fingerprint density at radius 3 is 0.895 bits per heavy atom. The van der Waals surface area contributed by atoms with E-state index in [1.165, 1.54) is 161 Å². The van der Waals surface area contributed by atoms with Gasteiger partial charge >= 0.3 is 12.2 Å². The van der Waals surface area contributed by atoms with E-state index in [9.17, 15) is 9.59 Å². The number of carbonyl (C=O) groups is 2. The summed E-state index contributed by atoms with van der Waals surface area (Å²) in [5.41, 5.74) is 5.70. The van der Waals surface area contributed by atoms with E-state index in [0.29, 0.717) is 13.2 Å². The molecule has 0 aromatic rings. The molecule has 0 saturated carbocycles. The zero-order valence-corrected chi connectivity index (χ0v) is 39.0. The van der Waals surface area contributed by atoms with Crippen molar-refractivity contribution in [1.82, 2.24) is 14.7 Å². The Hall–Kier alpha value is -1.54. The molecule has 2 N–H and O–H groups in total. The number of nitrogens with two attached hydrogens (primary N) is 1. The highest BCUT2D eigenvalue weighted by atomic mass is 16.6. The van der Waals surface area contributed by atoms with Crippen molar-refractivity contribution < 1.29 is 19.1 Å². The van der Waals surface area contributed by atoms with Crippen molar-refractivity contribution in [2.45, 2.75) is 240 Å². The largest absolute Gasteiger partial charge is 0.449 e. The second-order valence-corrected chi connectivity index (χ2v) is 17.1. The lowest BCUT2D eigenvalue weighted by atomic mass is 10.1. The van der Waals surface area contributed by atoms with Crippen LogP contribution in [-0.2, 0) is 9.47 Å². The number of hydrogen-bond donors (Lipinski definition) is 1. The van der Waals surface area contributed by atoms with Crippen LogP contribution < -0.4 is 5.73 Å². The zero-order chi connectivity index (χ0) is 41.7. The summed E-state index contributed by atoms with van der Waals surface area (Å²) in [5.74, 6) is 0. The van der Waals surface area contributed by atoms with Gasteiger partial charge in [-0.25, -0.2) is 9.59 Å². The minimum absolute atomic E-state index is 0.0980. The Bertz CT molecular complexity index is 773. The van der Waals surface area contributed by atoms with E-state index in [1.54, 1.807) is 0 Å². The van der Waals surface area contributed by atoms with E-state index in [2.05, 4.69) is 32.6 Å². The molecular weight excluding hydrogens is 709 g/mol. The summed E-state index contributed by atoms with van der Waals surface area (Å²) in [5, 5.41) is 0. The Morgan fingerprint density at radius 2 is 0.579 bits per heavy atom. The van der Waals surface area contributed by atoms with Gasteiger partial charge in [-0.1, -0.05) is 175 Å². The fourth-order valence-electron chi connectivity index (χ4n) is 7.64. The average Bonchev–Trinajstić information content (AvgIpc) is 3.21. The lowest BCUT2D eigenvalue weighted by Gasteiger charge is -2.23. The highest BCUT2D eigenvalue weighted by molar-refractivity contribution is 5.67. The fourth-order valence-corrected chi connectivity index (χ4v) is 7.64. The molecule has 0 rings (SSSR count). The van der Waals surface area contributed by atoms with Crippen LogP contribution in [0.2, 0.25) is 0 Å². The first-order chi connectivity index (χ1) is 28.0. The third-order valence-electron chi connectivity index (χ3n) is 11.5. The number of unbranched alkanes of at least 4 members (excludes halogenated alkanes) is 26. The third-order valence-corrected chi connectivity index (χ3v) is 11.5. The summed E-state index contributed by atoms with van der Waals surface area (Å²) in [7, 11) is 0.